The molecule has 2 fully saturated rings. The number of benzene rings is 2. The molecule has 2 aromatic carbocycles. The van der Waals surface area contributed by atoms with Crippen molar-refractivity contribution in [3.8, 4) is 0 Å². The predicted molar refractivity (Wildman–Crippen MR) is 98.1 cm³/mol. The molecule has 1 amide bonds. The predicted octanol–water partition coefficient (Wildman–Crippen LogP) is 4.47. The molecule has 1 aliphatic carbocycles. The molecule has 0 aromatic heterocycles. The van der Waals surface area contributed by atoms with Gasteiger partial charge in [-0.15, -0.1) is 0 Å². The quantitative estimate of drug-likeness (QED) is 0.846. The third-order valence-electron chi connectivity index (χ3n) is 6.11. The van der Waals surface area contributed by atoms with Gasteiger partial charge in [0.25, 0.3) is 5.91 Å². The zero-order valence-corrected chi connectivity index (χ0v) is 15.1. The Balaban J connectivity index is 1.75. The minimum atomic E-state index is -0.810. The summed E-state index contributed by atoms with van der Waals surface area (Å²) in [4.78, 5) is 14.9. The maximum atomic E-state index is 13.6. The number of hydrogen-bond acceptors (Lipinski definition) is 2. The molecule has 3 atom stereocenters. The van der Waals surface area contributed by atoms with Crippen LogP contribution in [-0.4, -0.2) is 28.1 Å². The van der Waals surface area contributed by atoms with Crippen molar-refractivity contribution >= 4 is 5.91 Å². The van der Waals surface area contributed by atoms with E-state index in [0.717, 1.165) is 31.2 Å². The topological polar surface area (TPSA) is 40.5 Å². The van der Waals surface area contributed by atoms with Crippen molar-refractivity contribution in [1.82, 2.24) is 4.90 Å². The summed E-state index contributed by atoms with van der Waals surface area (Å²) in [7, 11) is 0. The van der Waals surface area contributed by atoms with Crippen molar-refractivity contribution in [1.29, 1.82) is 0 Å². The van der Waals surface area contributed by atoms with E-state index < -0.39 is 11.4 Å². The highest BCUT2D eigenvalue weighted by Gasteiger charge is 2.50. The van der Waals surface area contributed by atoms with E-state index in [1.54, 1.807) is 23.1 Å². The molecule has 3 nitrogen and oxygen atoms in total. The van der Waals surface area contributed by atoms with Crippen LogP contribution in [0.25, 0.3) is 0 Å². The van der Waals surface area contributed by atoms with Crippen molar-refractivity contribution in [3.63, 3.8) is 0 Å². The first-order valence-electron chi connectivity index (χ1n) is 9.52. The molecule has 0 bridgehead atoms. The van der Waals surface area contributed by atoms with Gasteiger partial charge in [0.1, 0.15) is 11.6 Å². The second kappa shape index (κ2) is 7.04. The Morgan fingerprint density at radius 2 is 1.81 bits per heavy atom. The number of aliphatic hydroxyl groups is 1. The molecule has 4 rings (SSSR count). The van der Waals surface area contributed by atoms with E-state index in [0.29, 0.717) is 18.5 Å². The highest BCUT2D eigenvalue weighted by atomic mass is 19.1. The Kier molecular flexibility index (Phi) is 4.72. The second-order valence-electron chi connectivity index (χ2n) is 7.71. The van der Waals surface area contributed by atoms with E-state index in [4.69, 9.17) is 0 Å². The Morgan fingerprint density at radius 1 is 1.04 bits per heavy atom. The normalized spacial score (nSPS) is 27.9. The number of carbonyl (C=O) groups excluding carboxylic acids is 1. The molecule has 0 spiro atoms. The Labute approximate surface area is 157 Å². The molecule has 0 unspecified atom stereocenters. The van der Waals surface area contributed by atoms with E-state index in [-0.39, 0.29) is 23.7 Å². The van der Waals surface area contributed by atoms with Crippen LogP contribution in [0.2, 0.25) is 0 Å². The molecule has 1 heterocycles. The molecule has 1 saturated carbocycles. The highest BCUT2D eigenvalue weighted by molar-refractivity contribution is 5.94. The lowest BCUT2D eigenvalue weighted by atomic mass is 9.66. The number of halogens is 2. The minimum absolute atomic E-state index is 0.108. The summed E-state index contributed by atoms with van der Waals surface area (Å²) in [6, 6.07) is 11.5. The molecule has 142 valence electrons. The molecular weight excluding hydrogens is 348 g/mol. The number of piperidine rings is 1. The van der Waals surface area contributed by atoms with Gasteiger partial charge in [-0.2, -0.15) is 0 Å². The van der Waals surface area contributed by atoms with Crippen LogP contribution in [0.5, 0.6) is 0 Å². The summed E-state index contributed by atoms with van der Waals surface area (Å²) in [5.74, 6) is -1.15. The summed E-state index contributed by atoms with van der Waals surface area (Å²) in [5, 5.41) is 11.2. The summed E-state index contributed by atoms with van der Waals surface area (Å²) in [6.07, 6.45) is 4.01. The smallest absolute Gasteiger partial charge is 0.254 e. The largest absolute Gasteiger partial charge is 0.389 e. The summed E-state index contributed by atoms with van der Waals surface area (Å²) in [5.41, 5.74) is 0.297. The monoisotopic (exact) mass is 371 g/mol. The van der Waals surface area contributed by atoms with Crippen LogP contribution in [0.3, 0.4) is 0 Å². The van der Waals surface area contributed by atoms with Crippen molar-refractivity contribution in [3.05, 3.63) is 71.3 Å². The van der Waals surface area contributed by atoms with Gasteiger partial charge in [-0.05, 0) is 55.2 Å². The molecule has 27 heavy (non-hydrogen) atoms. The fourth-order valence-electron chi connectivity index (χ4n) is 4.77. The SMILES string of the molecule is O=C(c1cccc(F)c1)N1CC[C@]2(O)CCCC[C@H]2[C@@H]1c1ccc(F)cc1. The van der Waals surface area contributed by atoms with E-state index in [1.807, 2.05) is 0 Å². The van der Waals surface area contributed by atoms with Gasteiger partial charge in [-0.3, -0.25) is 4.79 Å². The van der Waals surface area contributed by atoms with Crippen LogP contribution in [0.4, 0.5) is 8.78 Å². The Hall–Kier alpha value is -2.27. The number of nitrogens with zero attached hydrogens (tertiary/aromatic N) is 1. The van der Waals surface area contributed by atoms with Gasteiger partial charge in [0.05, 0.1) is 11.6 Å². The lowest BCUT2D eigenvalue weighted by Gasteiger charge is -2.52. The molecule has 1 aliphatic heterocycles. The molecule has 2 aliphatic rings. The van der Waals surface area contributed by atoms with Crippen LogP contribution < -0.4 is 0 Å². The zero-order valence-electron chi connectivity index (χ0n) is 15.1. The average molecular weight is 371 g/mol. The number of amides is 1. The van der Waals surface area contributed by atoms with E-state index in [9.17, 15) is 18.7 Å². The van der Waals surface area contributed by atoms with Gasteiger partial charge in [-0.25, -0.2) is 8.78 Å². The Morgan fingerprint density at radius 3 is 2.56 bits per heavy atom. The fourth-order valence-corrected chi connectivity index (χ4v) is 4.77. The van der Waals surface area contributed by atoms with E-state index >= 15 is 0 Å². The highest BCUT2D eigenvalue weighted by Crippen LogP contribution is 2.49. The van der Waals surface area contributed by atoms with Gasteiger partial charge in [0.15, 0.2) is 0 Å². The van der Waals surface area contributed by atoms with E-state index in [1.165, 1.54) is 30.3 Å². The van der Waals surface area contributed by atoms with Gasteiger partial charge >= 0.3 is 0 Å². The fraction of sp³-hybridized carbons (Fsp3) is 0.409. The minimum Gasteiger partial charge on any atom is -0.389 e. The zero-order chi connectivity index (χ0) is 19.0. The van der Waals surface area contributed by atoms with Crippen LogP contribution in [0, 0.1) is 17.6 Å². The molecule has 1 saturated heterocycles. The first-order chi connectivity index (χ1) is 13.0. The third kappa shape index (κ3) is 3.36. The first kappa shape index (κ1) is 18.1. The average Bonchev–Trinajstić information content (AvgIpc) is 2.67. The Bertz CT molecular complexity index is 838. The number of likely N-dealkylation sites (tertiary alicyclic amines) is 1. The lowest BCUT2D eigenvalue weighted by molar-refractivity contribution is -0.115. The summed E-state index contributed by atoms with van der Waals surface area (Å²) >= 11 is 0. The molecule has 2 aromatic rings. The van der Waals surface area contributed by atoms with Crippen molar-refractivity contribution < 1.29 is 18.7 Å². The van der Waals surface area contributed by atoms with Gasteiger partial charge in [0.2, 0.25) is 0 Å². The molecule has 0 radical (unpaired) electrons. The number of carbonyl (C=O) groups is 1. The lowest BCUT2D eigenvalue weighted by Crippen LogP contribution is -2.56. The number of fused-ring (bicyclic) bond motifs is 1. The number of rotatable bonds is 2. The first-order valence-corrected chi connectivity index (χ1v) is 9.52. The van der Waals surface area contributed by atoms with Crippen LogP contribution in [0.15, 0.2) is 48.5 Å². The summed E-state index contributed by atoms with van der Waals surface area (Å²) < 4.78 is 27.1. The van der Waals surface area contributed by atoms with Crippen molar-refractivity contribution in [2.45, 2.75) is 43.7 Å². The van der Waals surface area contributed by atoms with Gasteiger partial charge in [0, 0.05) is 18.0 Å². The van der Waals surface area contributed by atoms with Crippen LogP contribution >= 0.6 is 0 Å². The summed E-state index contributed by atoms with van der Waals surface area (Å²) in [6.45, 7) is 0.393. The molecular formula is C22H23F2NO2. The number of hydrogen-bond donors (Lipinski definition) is 1. The van der Waals surface area contributed by atoms with Gasteiger partial charge < -0.3 is 10.0 Å². The van der Waals surface area contributed by atoms with E-state index in [2.05, 4.69) is 0 Å². The standard InChI is InChI=1S/C22H23F2NO2/c23-17-9-7-15(8-10-17)20-19-6-1-2-11-22(19,27)12-13-25(20)21(26)16-4-3-5-18(24)14-16/h3-5,7-10,14,19-20,27H,1-2,6,11-13H2/t19-,20-,22+/m0/s1. The second-order valence-corrected chi connectivity index (χ2v) is 7.71. The van der Waals surface area contributed by atoms with Crippen molar-refractivity contribution in [2.75, 3.05) is 6.54 Å². The van der Waals surface area contributed by atoms with Gasteiger partial charge in [-0.1, -0.05) is 31.0 Å². The molecule has 5 heteroatoms. The van der Waals surface area contributed by atoms with Crippen LogP contribution in [-0.2, 0) is 0 Å². The van der Waals surface area contributed by atoms with Crippen LogP contribution in [0.1, 0.15) is 54.1 Å². The van der Waals surface area contributed by atoms with Crippen molar-refractivity contribution in [2.24, 2.45) is 5.92 Å². The maximum Gasteiger partial charge on any atom is 0.254 e. The maximum absolute atomic E-state index is 13.6. The molecule has 1 N–H and O–H groups in total. The third-order valence-corrected chi connectivity index (χ3v) is 6.11.